The standard InChI is InChI=1S/C12H20N4O2/c13-11-7-14-2-1-12(11)16-5-3-15(4-6-16)8-10(18)9-17/h1-2,7,10,17-18H,3-6,8-9,13H2. The van der Waals surface area contributed by atoms with Crippen LogP contribution in [-0.4, -0.2) is 65.5 Å². The molecule has 0 saturated carbocycles. The molecule has 100 valence electrons. The summed E-state index contributed by atoms with van der Waals surface area (Å²) in [5.41, 5.74) is 7.61. The number of hydrogen-bond acceptors (Lipinski definition) is 6. The highest BCUT2D eigenvalue weighted by molar-refractivity contribution is 5.66. The normalized spacial score (nSPS) is 18.9. The summed E-state index contributed by atoms with van der Waals surface area (Å²) in [5, 5.41) is 18.2. The van der Waals surface area contributed by atoms with E-state index in [1.54, 1.807) is 12.4 Å². The Kier molecular flexibility index (Phi) is 4.35. The van der Waals surface area contributed by atoms with Gasteiger partial charge in [-0.25, -0.2) is 0 Å². The molecule has 0 spiro atoms. The summed E-state index contributed by atoms with van der Waals surface area (Å²) in [7, 11) is 0. The van der Waals surface area contributed by atoms with Gasteiger partial charge in [0, 0.05) is 38.9 Å². The van der Waals surface area contributed by atoms with Crippen molar-refractivity contribution < 1.29 is 10.2 Å². The second-order valence-corrected chi connectivity index (χ2v) is 4.56. The molecular formula is C12H20N4O2. The van der Waals surface area contributed by atoms with Gasteiger partial charge in [-0.3, -0.25) is 9.88 Å². The zero-order valence-electron chi connectivity index (χ0n) is 10.4. The van der Waals surface area contributed by atoms with Crippen molar-refractivity contribution in [3.8, 4) is 0 Å². The first kappa shape index (κ1) is 13.1. The van der Waals surface area contributed by atoms with Crippen LogP contribution in [0.5, 0.6) is 0 Å². The summed E-state index contributed by atoms with van der Waals surface area (Å²) in [5.74, 6) is 0. The minimum absolute atomic E-state index is 0.183. The molecular weight excluding hydrogens is 232 g/mol. The molecule has 0 aromatic carbocycles. The Hall–Kier alpha value is -1.37. The molecule has 4 N–H and O–H groups in total. The average Bonchev–Trinajstić information content (AvgIpc) is 2.40. The highest BCUT2D eigenvalue weighted by Crippen LogP contribution is 2.22. The summed E-state index contributed by atoms with van der Waals surface area (Å²) in [4.78, 5) is 8.35. The first-order chi connectivity index (χ1) is 8.70. The minimum Gasteiger partial charge on any atom is -0.396 e. The monoisotopic (exact) mass is 252 g/mol. The fraction of sp³-hybridized carbons (Fsp3) is 0.583. The van der Waals surface area contributed by atoms with Crippen molar-refractivity contribution in [1.82, 2.24) is 9.88 Å². The van der Waals surface area contributed by atoms with Crippen LogP contribution in [0.2, 0.25) is 0 Å². The zero-order chi connectivity index (χ0) is 13.0. The second kappa shape index (κ2) is 5.99. The van der Waals surface area contributed by atoms with Crippen LogP contribution in [0.4, 0.5) is 11.4 Å². The fourth-order valence-corrected chi connectivity index (χ4v) is 2.21. The molecule has 0 aliphatic carbocycles. The van der Waals surface area contributed by atoms with E-state index in [2.05, 4.69) is 14.8 Å². The molecule has 1 aromatic heterocycles. The van der Waals surface area contributed by atoms with Crippen molar-refractivity contribution in [1.29, 1.82) is 0 Å². The lowest BCUT2D eigenvalue weighted by Gasteiger charge is -2.37. The summed E-state index contributed by atoms with van der Waals surface area (Å²) < 4.78 is 0. The fourth-order valence-electron chi connectivity index (χ4n) is 2.21. The lowest BCUT2D eigenvalue weighted by Crippen LogP contribution is -2.49. The van der Waals surface area contributed by atoms with Crippen LogP contribution < -0.4 is 10.6 Å². The zero-order valence-corrected chi connectivity index (χ0v) is 10.4. The molecule has 6 heteroatoms. The number of anilines is 2. The Labute approximate surface area is 107 Å². The van der Waals surface area contributed by atoms with Crippen LogP contribution in [0.25, 0.3) is 0 Å². The molecule has 1 aromatic rings. The van der Waals surface area contributed by atoms with Crippen molar-refractivity contribution >= 4 is 11.4 Å². The number of aromatic nitrogens is 1. The maximum absolute atomic E-state index is 9.40. The number of nitrogens with zero attached hydrogens (tertiary/aromatic N) is 3. The Balaban J connectivity index is 1.89. The Morgan fingerprint density at radius 3 is 2.67 bits per heavy atom. The Morgan fingerprint density at radius 2 is 2.06 bits per heavy atom. The number of piperazine rings is 1. The molecule has 0 amide bonds. The van der Waals surface area contributed by atoms with E-state index in [1.807, 2.05) is 6.07 Å². The highest BCUT2D eigenvalue weighted by Gasteiger charge is 2.20. The van der Waals surface area contributed by atoms with E-state index in [4.69, 9.17) is 10.8 Å². The number of aliphatic hydroxyl groups is 2. The lowest BCUT2D eigenvalue weighted by molar-refractivity contribution is 0.0575. The smallest absolute Gasteiger partial charge is 0.0897 e. The van der Waals surface area contributed by atoms with E-state index in [1.165, 1.54) is 0 Å². The number of rotatable bonds is 4. The van der Waals surface area contributed by atoms with Crippen LogP contribution >= 0.6 is 0 Å². The molecule has 1 saturated heterocycles. The topological polar surface area (TPSA) is 85.9 Å². The largest absolute Gasteiger partial charge is 0.396 e. The highest BCUT2D eigenvalue weighted by atomic mass is 16.3. The van der Waals surface area contributed by atoms with Crippen molar-refractivity contribution in [2.45, 2.75) is 6.10 Å². The van der Waals surface area contributed by atoms with Crippen molar-refractivity contribution in [3.05, 3.63) is 18.5 Å². The van der Waals surface area contributed by atoms with E-state index >= 15 is 0 Å². The van der Waals surface area contributed by atoms with Gasteiger partial charge in [0.15, 0.2) is 0 Å². The lowest BCUT2D eigenvalue weighted by atomic mass is 10.2. The third-order valence-electron chi connectivity index (χ3n) is 3.22. The summed E-state index contributed by atoms with van der Waals surface area (Å²) in [6, 6.07) is 1.92. The van der Waals surface area contributed by atoms with Gasteiger partial charge in [-0.05, 0) is 6.07 Å². The van der Waals surface area contributed by atoms with E-state index < -0.39 is 6.10 Å². The van der Waals surface area contributed by atoms with Crippen LogP contribution in [-0.2, 0) is 0 Å². The molecule has 2 heterocycles. The van der Waals surface area contributed by atoms with Gasteiger partial charge in [0.25, 0.3) is 0 Å². The number of nitrogen functional groups attached to an aromatic ring is 1. The van der Waals surface area contributed by atoms with Gasteiger partial charge >= 0.3 is 0 Å². The maximum Gasteiger partial charge on any atom is 0.0897 e. The Morgan fingerprint density at radius 1 is 1.33 bits per heavy atom. The third kappa shape index (κ3) is 3.10. The van der Waals surface area contributed by atoms with E-state index in [-0.39, 0.29) is 6.61 Å². The molecule has 6 nitrogen and oxygen atoms in total. The number of hydrogen-bond donors (Lipinski definition) is 3. The molecule has 2 rings (SSSR count). The quantitative estimate of drug-likeness (QED) is 0.646. The Bertz CT molecular complexity index is 380. The number of aliphatic hydroxyl groups excluding tert-OH is 2. The predicted molar refractivity (Wildman–Crippen MR) is 70.4 cm³/mol. The van der Waals surface area contributed by atoms with E-state index in [9.17, 15) is 5.11 Å². The summed E-state index contributed by atoms with van der Waals surface area (Å²) >= 11 is 0. The van der Waals surface area contributed by atoms with Crippen LogP contribution in [0.3, 0.4) is 0 Å². The van der Waals surface area contributed by atoms with Gasteiger partial charge in [0.1, 0.15) is 0 Å². The van der Waals surface area contributed by atoms with Gasteiger partial charge < -0.3 is 20.8 Å². The molecule has 1 aliphatic heterocycles. The first-order valence-electron chi connectivity index (χ1n) is 6.16. The number of β-amino-alcohol motifs (C(OH)–C–C–N with tert-alkyl or cyclic N) is 1. The molecule has 0 radical (unpaired) electrons. The SMILES string of the molecule is Nc1cnccc1N1CCN(CC(O)CO)CC1. The van der Waals surface area contributed by atoms with Crippen LogP contribution in [0, 0.1) is 0 Å². The number of pyridine rings is 1. The first-order valence-corrected chi connectivity index (χ1v) is 6.16. The molecule has 1 unspecified atom stereocenters. The van der Waals surface area contributed by atoms with Gasteiger partial charge in [0.2, 0.25) is 0 Å². The molecule has 0 bridgehead atoms. The van der Waals surface area contributed by atoms with E-state index in [0.29, 0.717) is 12.2 Å². The molecule has 1 aliphatic rings. The van der Waals surface area contributed by atoms with Gasteiger partial charge in [-0.15, -0.1) is 0 Å². The second-order valence-electron chi connectivity index (χ2n) is 4.56. The summed E-state index contributed by atoms with van der Waals surface area (Å²) in [6.07, 6.45) is 2.76. The van der Waals surface area contributed by atoms with E-state index in [0.717, 1.165) is 31.9 Å². The number of nitrogens with two attached hydrogens (primary N) is 1. The summed E-state index contributed by atoms with van der Waals surface area (Å²) in [6.45, 7) is 3.80. The van der Waals surface area contributed by atoms with Gasteiger partial charge in [0.05, 0.1) is 30.3 Å². The van der Waals surface area contributed by atoms with Crippen LogP contribution in [0.15, 0.2) is 18.5 Å². The predicted octanol–water partition coefficient (Wildman–Crippen LogP) is -0.861. The van der Waals surface area contributed by atoms with Crippen LogP contribution in [0.1, 0.15) is 0 Å². The van der Waals surface area contributed by atoms with Gasteiger partial charge in [-0.1, -0.05) is 0 Å². The minimum atomic E-state index is -0.650. The third-order valence-corrected chi connectivity index (χ3v) is 3.22. The average molecular weight is 252 g/mol. The molecule has 1 atom stereocenters. The molecule has 18 heavy (non-hydrogen) atoms. The van der Waals surface area contributed by atoms with Crippen molar-refractivity contribution in [2.24, 2.45) is 0 Å². The van der Waals surface area contributed by atoms with Crippen molar-refractivity contribution in [3.63, 3.8) is 0 Å². The van der Waals surface area contributed by atoms with Crippen molar-refractivity contribution in [2.75, 3.05) is 50.0 Å². The molecule has 1 fully saturated rings. The van der Waals surface area contributed by atoms with Gasteiger partial charge in [-0.2, -0.15) is 0 Å². The maximum atomic E-state index is 9.40.